The number of fused-ring (bicyclic) bond motifs is 1. The van der Waals surface area contributed by atoms with Gasteiger partial charge in [-0.05, 0) is 24.2 Å². The minimum atomic E-state index is -0.104. The molecule has 3 aromatic rings. The number of aromatic nitrogens is 3. The summed E-state index contributed by atoms with van der Waals surface area (Å²) in [6, 6.07) is 5.84. The van der Waals surface area contributed by atoms with Crippen molar-refractivity contribution < 1.29 is 14.6 Å². The van der Waals surface area contributed by atoms with Crippen LogP contribution in [0, 0.1) is 0 Å². The first-order chi connectivity index (χ1) is 13.7. The second-order valence-electron chi connectivity index (χ2n) is 6.73. The zero-order valence-electron chi connectivity index (χ0n) is 16.3. The van der Waals surface area contributed by atoms with Gasteiger partial charge < -0.3 is 19.5 Å². The number of likely N-dealkylation sites (N-methyl/N-ethyl adjacent to an activating group) is 1. The minimum Gasteiger partial charge on any atom is -0.493 e. The summed E-state index contributed by atoms with van der Waals surface area (Å²) >= 11 is 1.47. The molecule has 4 rings (SSSR count). The first-order valence-corrected chi connectivity index (χ1v) is 10.2. The van der Waals surface area contributed by atoms with E-state index in [4.69, 9.17) is 9.47 Å². The number of hydrogen-bond acceptors (Lipinski definition) is 8. The van der Waals surface area contributed by atoms with Crippen LogP contribution in [0.2, 0.25) is 0 Å². The predicted molar refractivity (Wildman–Crippen MR) is 108 cm³/mol. The normalized spacial score (nSPS) is 17.1. The van der Waals surface area contributed by atoms with Crippen molar-refractivity contribution >= 4 is 16.3 Å². The lowest BCUT2D eigenvalue weighted by Crippen LogP contribution is -2.47. The van der Waals surface area contributed by atoms with Crippen LogP contribution in [-0.4, -0.2) is 76.4 Å². The lowest BCUT2D eigenvalue weighted by molar-refractivity contribution is 0.113. The second kappa shape index (κ2) is 7.94. The van der Waals surface area contributed by atoms with Crippen LogP contribution in [0.25, 0.3) is 4.96 Å². The standard InChI is InChI=1S/C19H25N5O3S/c1-4-22-7-9-23(10-8-22)16(13-5-6-14(26-2)15(11-13)27-3)17-18(25)24-19(28-17)20-12-21-24/h5-6,11-12,16,25H,4,7-10H2,1-3H3/t16-/m1/s1. The van der Waals surface area contributed by atoms with Gasteiger partial charge in [-0.1, -0.05) is 24.3 Å². The maximum atomic E-state index is 10.8. The Morgan fingerprint density at radius 1 is 1.14 bits per heavy atom. The van der Waals surface area contributed by atoms with Crippen LogP contribution in [0.1, 0.15) is 23.4 Å². The number of rotatable bonds is 6. The van der Waals surface area contributed by atoms with E-state index in [2.05, 4.69) is 26.8 Å². The summed E-state index contributed by atoms with van der Waals surface area (Å²) in [5.41, 5.74) is 1.04. The van der Waals surface area contributed by atoms with E-state index in [-0.39, 0.29) is 11.9 Å². The number of piperazine rings is 1. The Morgan fingerprint density at radius 2 is 1.89 bits per heavy atom. The lowest BCUT2D eigenvalue weighted by Gasteiger charge is -2.38. The average molecular weight is 404 g/mol. The average Bonchev–Trinajstić information content (AvgIpc) is 3.32. The molecule has 0 unspecified atom stereocenters. The van der Waals surface area contributed by atoms with E-state index in [9.17, 15) is 5.11 Å². The summed E-state index contributed by atoms with van der Waals surface area (Å²) in [4.78, 5) is 10.6. The number of methoxy groups -OCH3 is 2. The topological polar surface area (TPSA) is 75.4 Å². The largest absolute Gasteiger partial charge is 0.493 e. The second-order valence-corrected chi connectivity index (χ2v) is 7.74. The van der Waals surface area contributed by atoms with E-state index in [0.717, 1.165) is 43.2 Å². The number of ether oxygens (including phenoxy) is 2. The SMILES string of the molecule is CCN1CCN([C@H](c2ccc(OC)c(OC)c2)c2sc3ncnn3c2O)CC1. The number of nitrogens with zero attached hydrogens (tertiary/aromatic N) is 5. The van der Waals surface area contributed by atoms with Crippen LogP contribution < -0.4 is 9.47 Å². The first-order valence-electron chi connectivity index (χ1n) is 9.36. The van der Waals surface area contributed by atoms with E-state index >= 15 is 0 Å². The van der Waals surface area contributed by atoms with Crippen LogP contribution >= 0.6 is 11.3 Å². The lowest BCUT2D eigenvalue weighted by atomic mass is 10.0. The first kappa shape index (κ1) is 19.0. The molecular formula is C19H25N5O3S. The zero-order valence-corrected chi connectivity index (χ0v) is 17.1. The number of hydrogen-bond donors (Lipinski definition) is 1. The Bertz CT molecular complexity index is 948. The number of thiazole rings is 1. The Labute approximate surface area is 167 Å². The van der Waals surface area contributed by atoms with Crippen LogP contribution in [-0.2, 0) is 0 Å². The summed E-state index contributed by atoms with van der Waals surface area (Å²) in [6.07, 6.45) is 1.46. The molecule has 1 fully saturated rings. The van der Waals surface area contributed by atoms with Gasteiger partial charge in [0.15, 0.2) is 11.5 Å². The van der Waals surface area contributed by atoms with Gasteiger partial charge in [-0.15, -0.1) is 0 Å². The van der Waals surface area contributed by atoms with Gasteiger partial charge in [-0.2, -0.15) is 9.61 Å². The molecule has 28 heavy (non-hydrogen) atoms. The van der Waals surface area contributed by atoms with Crippen LogP contribution in [0.5, 0.6) is 17.4 Å². The monoisotopic (exact) mass is 403 g/mol. The Balaban J connectivity index is 1.77. The van der Waals surface area contributed by atoms with E-state index in [1.54, 1.807) is 14.2 Å². The van der Waals surface area contributed by atoms with E-state index in [1.165, 1.54) is 22.2 Å². The van der Waals surface area contributed by atoms with Crippen molar-refractivity contribution in [3.8, 4) is 17.4 Å². The van der Waals surface area contributed by atoms with Crippen molar-refractivity contribution in [1.82, 2.24) is 24.4 Å². The van der Waals surface area contributed by atoms with Crippen molar-refractivity contribution in [3.63, 3.8) is 0 Å². The molecule has 0 bridgehead atoms. The molecule has 0 amide bonds. The summed E-state index contributed by atoms with van der Waals surface area (Å²) in [5.74, 6) is 1.51. The van der Waals surface area contributed by atoms with Gasteiger partial charge in [0.05, 0.1) is 25.1 Å². The van der Waals surface area contributed by atoms with Gasteiger partial charge in [0.25, 0.3) is 0 Å². The molecule has 9 heteroatoms. The highest BCUT2D eigenvalue weighted by atomic mass is 32.1. The van der Waals surface area contributed by atoms with Crippen molar-refractivity contribution in [2.75, 3.05) is 46.9 Å². The smallest absolute Gasteiger partial charge is 0.230 e. The summed E-state index contributed by atoms with van der Waals surface area (Å²) in [7, 11) is 3.27. The minimum absolute atomic E-state index is 0.104. The predicted octanol–water partition coefficient (Wildman–Crippen LogP) is 2.24. The molecule has 0 saturated carbocycles. The molecule has 0 aliphatic carbocycles. The maximum Gasteiger partial charge on any atom is 0.230 e. The highest BCUT2D eigenvalue weighted by molar-refractivity contribution is 7.17. The van der Waals surface area contributed by atoms with Crippen molar-refractivity contribution in [2.45, 2.75) is 13.0 Å². The fourth-order valence-electron chi connectivity index (χ4n) is 3.76. The number of aromatic hydroxyl groups is 1. The van der Waals surface area contributed by atoms with Gasteiger partial charge in [0.2, 0.25) is 10.8 Å². The van der Waals surface area contributed by atoms with E-state index < -0.39 is 0 Å². The molecule has 1 aliphatic heterocycles. The third-order valence-corrected chi connectivity index (χ3v) is 6.42. The summed E-state index contributed by atoms with van der Waals surface area (Å²) < 4.78 is 12.4. The molecule has 0 radical (unpaired) electrons. The fourth-order valence-corrected chi connectivity index (χ4v) is 4.85. The third kappa shape index (κ3) is 3.30. The molecule has 1 saturated heterocycles. The molecule has 1 aromatic carbocycles. The van der Waals surface area contributed by atoms with Crippen LogP contribution in [0.4, 0.5) is 0 Å². The van der Waals surface area contributed by atoms with Crippen molar-refractivity contribution in [2.24, 2.45) is 0 Å². The van der Waals surface area contributed by atoms with Gasteiger partial charge in [-0.25, -0.2) is 4.98 Å². The summed E-state index contributed by atoms with van der Waals surface area (Å²) in [5, 5.41) is 15.0. The summed E-state index contributed by atoms with van der Waals surface area (Å²) in [6.45, 7) is 7.08. The molecule has 0 spiro atoms. The third-order valence-electron chi connectivity index (χ3n) is 5.33. The molecule has 2 aromatic heterocycles. The molecular weight excluding hydrogens is 378 g/mol. The van der Waals surface area contributed by atoms with Crippen molar-refractivity contribution in [3.05, 3.63) is 35.0 Å². The Morgan fingerprint density at radius 3 is 2.54 bits per heavy atom. The van der Waals surface area contributed by atoms with E-state index in [0.29, 0.717) is 16.5 Å². The maximum absolute atomic E-state index is 10.8. The molecule has 8 nitrogen and oxygen atoms in total. The molecule has 1 aliphatic rings. The molecule has 150 valence electrons. The Kier molecular flexibility index (Phi) is 5.38. The van der Waals surface area contributed by atoms with Crippen LogP contribution in [0.3, 0.4) is 0 Å². The fraction of sp³-hybridized carbons (Fsp3) is 0.474. The van der Waals surface area contributed by atoms with Crippen LogP contribution in [0.15, 0.2) is 24.5 Å². The van der Waals surface area contributed by atoms with Gasteiger partial charge in [0, 0.05) is 26.2 Å². The molecule has 1 atom stereocenters. The van der Waals surface area contributed by atoms with Gasteiger partial charge in [-0.3, -0.25) is 4.90 Å². The highest BCUT2D eigenvalue weighted by Gasteiger charge is 2.31. The molecule has 3 heterocycles. The highest BCUT2D eigenvalue weighted by Crippen LogP contribution is 2.42. The molecule has 1 N–H and O–H groups in total. The van der Waals surface area contributed by atoms with E-state index in [1.807, 2.05) is 18.2 Å². The van der Waals surface area contributed by atoms with Gasteiger partial charge in [0.1, 0.15) is 6.33 Å². The Hall–Kier alpha value is -2.36. The zero-order chi connectivity index (χ0) is 19.7. The van der Waals surface area contributed by atoms with Crippen molar-refractivity contribution in [1.29, 1.82) is 0 Å². The number of benzene rings is 1. The quantitative estimate of drug-likeness (QED) is 0.676. The van der Waals surface area contributed by atoms with Gasteiger partial charge >= 0.3 is 0 Å².